The molecule has 0 aromatic heterocycles. The number of allylic oxidation sites excluding steroid dienone is 1. The Balaban J connectivity index is 1.30. The molecule has 22 atom stereocenters. The van der Waals surface area contributed by atoms with E-state index in [0.717, 1.165) is 31.3 Å². The highest BCUT2D eigenvalue weighted by Crippen LogP contribution is 2.69. The fourth-order valence-corrected chi connectivity index (χ4v) is 12.2. The predicted octanol–water partition coefficient (Wildman–Crippen LogP) is 1.55. The van der Waals surface area contributed by atoms with Gasteiger partial charge in [-0.25, -0.2) is 0 Å². The summed E-state index contributed by atoms with van der Waals surface area (Å²) in [6.45, 7) is 13.1. The van der Waals surface area contributed by atoms with Crippen LogP contribution in [-0.2, 0) is 28.5 Å². The number of esters is 1. The molecule has 4 aliphatic carbocycles. The summed E-state index contributed by atoms with van der Waals surface area (Å²) in [6.07, 6.45) is -7.94. The van der Waals surface area contributed by atoms with Crippen LogP contribution < -0.4 is 0 Å². The highest BCUT2D eigenvalue weighted by Gasteiger charge is 2.66. The highest BCUT2D eigenvalue weighted by molar-refractivity contribution is 5.65. The molecule has 14 nitrogen and oxygen atoms in total. The maximum atomic E-state index is 11.7. The van der Waals surface area contributed by atoms with Crippen molar-refractivity contribution in [3.8, 4) is 0 Å². The second kappa shape index (κ2) is 16.8. The van der Waals surface area contributed by atoms with Gasteiger partial charge in [0.05, 0.1) is 30.5 Å². The lowest BCUT2D eigenvalue weighted by Gasteiger charge is -2.63. The Kier molecular flexibility index (Phi) is 13.2. The number of fused-ring (bicyclic) bond motifs is 5. The van der Waals surface area contributed by atoms with Crippen molar-refractivity contribution >= 4 is 5.97 Å². The van der Waals surface area contributed by atoms with Gasteiger partial charge in [-0.15, -0.1) is 0 Å². The van der Waals surface area contributed by atoms with E-state index in [4.69, 9.17) is 23.7 Å². The molecule has 2 heterocycles. The quantitative estimate of drug-likeness (QED) is 0.116. The molecule has 0 aromatic rings. The summed E-state index contributed by atoms with van der Waals surface area (Å²) in [5, 5.41) is 87.3. The molecule has 6 rings (SSSR count). The molecule has 2 aliphatic heterocycles. The van der Waals surface area contributed by atoms with E-state index in [9.17, 15) is 45.6 Å². The largest absolute Gasteiger partial charge is 0.463 e. The summed E-state index contributed by atoms with van der Waals surface area (Å²) in [5.41, 5.74) is 0.399. The fraction of sp³-hybridized carbons (Fsp3) is 0.927. The van der Waals surface area contributed by atoms with Crippen molar-refractivity contribution in [1.29, 1.82) is 0 Å². The molecule has 14 heteroatoms. The first kappa shape index (κ1) is 43.3. The van der Waals surface area contributed by atoms with Crippen LogP contribution >= 0.6 is 0 Å². The monoisotopic (exact) mass is 784 g/mol. The van der Waals surface area contributed by atoms with E-state index in [1.54, 1.807) is 6.92 Å². The molecule has 22 unspecified atom stereocenters. The third-order valence-electron chi connectivity index (χ3n) is 15.3. The molecule has 316 valence electrons. The highest BCUT2D eigenvalue weighted by atomic mass is 16.7. The van der Waals surface area contributed by atoms with Gasteiger partial charge in [0.2, 0.25) is 0 Å². The van der Waals surface area contributed by atoms with Crippen molar-refractivity contribution < 1.29 is 69.3 Å². The van der Waals surface area contributed by atoms with Gasteiger partial charge in [0, 0.05) is 13.3 Å². The minimum absolute atomic E-state index is 0.131. The van der Waals surface area contributed by atoms with Crippen molar-refractivity contribution in [2.24, 2.45) is 46.3 Å². The van der Waals surface area contributed by atoms with E-state index in [0.29, 0.717) is 25.7 Å². The van der Waals surface area contributed by atoms with Crippen molar-refractivity contribution in [2.45, 2.75) is 186 Å². The van der Waals surface area contributed by atoms with Crippen molar-refractivity contribution in [2.75, 3.05) is 6.61 Å². The summed E-state index contributed by atoms with van der Waals surface area (Å²) in [7, 11) is 0. The lowest BCUT2D eigenvalue weighted by atomic mass is 9.43. The molecule has 4 saturated carbocycles. The second-order valence-electron chi connectivity index (χ2n) is 18.7. The zero-order valence-electron chi connectivity index (χ0n) is 33.5. The Morgan fingerprint density at radius 1 is 0.818 bits per heavy atom. The second-order valence-corrected chi connectivity index (χ2v) is 18.7. The molecule has 0 spiro atoms. The average molecular weight is 785 g/mol. The molecule has 0 aromatic carbocycles. The number of hydrogen-bond acceptors (Lipinski definition) is 14. The summed E-state index contributed by atoms with van der Waals surface area (Å²) < 4.78 is 30.4. The normalized spacial score (nSPS) is 50.9. The van der Waals surface area contributed by atoms with Gasteiger partial charge in [-0.3, -0.25) is 4.79 Å². The van der Waals surface area contributed by atoms with Crippen LogP contribution in [0.4, 0.5) is 0 Å². The van der Waals surface area contributed by atoms with E-state index in [-0.39, 0.29) is 47.5 Å². The van der Waals surface area contributed by atoms with Crippen molar-refractivity contribution in [3.05, 3.63) is 11.6 Å². The van der Waals surface area contributed by atoms with Gasteiger partial charge in [0.1, 0.15) is 49.3 Å². The van der Waals surface area contributed by atoms with Crippen LogP contribution in [0.5, 0.6) is 0 Å². The molecule has 6 aliphatic rings. The first-order valence-electron chi connectivity index (χ1n) is 20.6. The van der Waals surface area contributed by atoms with Crippen LogP contribution in [0, 0.1) is 46.3 Å². The number of carbonyl (C=O) groups is 1. The number of aliphatic hydroxyl groups is 8. The first-order chi connectivity index (χ1) is 25.8. The Morgan fingerprint density at radius 2 is 1.47 bits per heavy atom. The summed E-state index contributed by atoms with van der Waals surface area (Å²) in [5.74, 6) is -0.314. The molecule has 6 fully saturated rings. The Labute approximate surface area is 325 Å². The van der Waals surface area contributed by atoms with E-state index in [1.807, 2.05) is 19.9 Å². The number of aliphatic hydroxyl groups excluding tert-OH is 8. The van der Waals surface area contributed by atoms with Gasteiger partial charge < -0.3 is 64.5 Å². The topological polar surface area (TPSA) is 225 Å². The van der Waals surface area contributed by atoms with Gasteiger partial charge in [-0.05, 0) is 112 Å². The summed E-state index contributed by atoms with van der Waals surface area (Å²) in [6, 6.07) is 0. The number of ether oxygens (including phenoxy) is 5. The van der Waals surface area contributed by atoms with Gasteiger partial charge >= 0.3 is 5.97 Å². The minimum Gasteiger partial charge on any atom is -0.463 e. The number of hydrogen-bond donors (Lipinski definition) is 8. The zero-order chi connectivity index (χ0) is 40.3. The third-order valence-corrected chi connectivity index (χ3v) is 15.3. The maximum absolute atomic E-state index is 11.7. The third kappa shape index (κ3) is 8.06. The van der Waals surface area contributed by atoms with Gasteiger partial charge in [-0.1, -0.05) is 32.4 Å². The van der Waals surface area contributed by atoms with Gasteiger partial charge in [0.15, 0.2) is 12.6 Å². The van der Waals surface area contributed by atoms with E-state index in [1.165, 1.54) is 6.92 Å². The Morgan fingerprint density at radius 3 is 2.13 bits per heavy atom. The molecular weight excluding hydrogens is 716 g/mol. The first-order valence-corrected chi connectivity index (χ1v) is 20.6. The van der Waals surface area contributed by atoms with Crippen LogP contribution in [0.2, 0.25) is 0 Å². The van der Waals surface area contributed by atoms with Crippen LogP contribution in [0.3, 0.4) is 0 Å². The zero-order valence-corrected chi connectivity index (χ0v) is 33.5. The minimum atomic E-state index is -1.60. The Hall–Kier alpha value is -1.27. The van der Waals surface area contributed by atoms with Gasteiger partial charge in [-0.2, -0.15) is 0 Å². The predicted molar refractivity (Wildman–Crippen MR) is 197 cm³/mol. The molecule has 0 radical (unpaired) electrons. The fourth-order valence-electron chi connectivity index (χ4n) is 12.2. The van der Waals surface area contributed by atoms with E-state index in [2.05, 4.69) is 20.8 Å². The molecule has 2 saturated heterocycles. The molecule has 8 N–H and O–H groups in total. The molecule has 0 amide bonds. The molecule has 55 heavy (non-hydrogen) atoms. The maximum Gasteiger partial charge on any atom is 0.302 e. The molecular formula is C41H68O14. The van der Waals surface area contributed by atoms with Crippen LogP contribution in [0.25, 0.3) is 0 Å². The lowest BCUT2D eigenvalue weighted by molar-refractivity contribution is -0.328. The van der Waals surface area contributed by atoms with Crippen LogP contribution in [-0.4, -0.2) is 139 Å². The van der Waals surface area contributed by atoms with Crippen LogP contribution in [0.15, 0.2) is 11.6 Å². The van der Waals surface area contributed by atoms with Crippen LogP contribution in [0.1, 0.15) is 99.8 Å². The number of rotatable bonds is 10. The standard InChI is InChI=1S/C41H68O14/c1-18(2)8-11-27(44)19(3)31-28(53-39-37(50)35(48)33(46)29(54-39)17-51-21(5)42)16-26-24-10-9-22-14-23(43)15-30(41(22,7)25(24)12-13-40(26,31)6)55-38-36(49)34(47)32(45)20(4)52-38/h8,19-20,22-39,43-50H,9-17H2,1-7H3. The van der Waals surface area contributed by atoms with E-state index < -0.39 is 97.2 Å². The summed E-state index contributed by atoms with van der Waals surface area (Å²) in [4.78, 5) is 11.6. The molecule has 0 bridgehead atoms. The Bertz CT molecular complexity index is 1360. The van der Waals surface area contributed by atoms with E-state index >= 15 is 0 Å². The average Bonchev–Trinajstić information content (AvgIpc) is 3.43. The lowest BCUT2D eigenvalue weighted by Crippen LogP contribution is -2.63. The SMILES string of the molecule is CC(=O)OCC1OC(OC2CC3C4CCC5CC(O)CC(OC6OC(C)C(O)C(O)C6O)C5(C)C4CCC3(C)C2C(C)C(O)CC=C(C)C)C(O)C(O)C1O. The number of carbonyl (C=O) groups excluding carboxylic acids is 1. The summed E-state index contributed by atoms with van der Waals surface area (Å²) >= 11 is 0. The van der Waals surface area contributed by atoms with Crippen molar-refractivity contribution in [1.82, 2.24) is 0 Å². The van der Waals surface area contributed by atoms with Gasteiger partial charge in [0.25, 0.3) is 0 Å². The smallest absolute Gasteiger partial charge is 0.302 e. The van der Waals surface area contributed by atoms with Crippen molar-refractivity contribution in [3.63, 3.8) is 0 Å².